The van der Waals surface area contributed by atoms with Crippen molar-refractivity contribution in [2.24, 2.45) is 0 Å². The number of aromatic nitrogens is 2. The van der Waals surface area contributed by atoms with Crippen molar-refractivity contribution in [2.45, 2.75) is 6.54 Å². The van der Waals surface area contributed by atoms with Crippen molar-refractivity contribution >= 4 is 56.0 Å². The van der Waals surface area contributed by atoms with Crippen LogP contribution in [0.25, 0.3) is 27.0 Å². The van der Waals surface area contributed by atoms with E-state index in [9.17, 15) is 9.18 Å². The Bertz CT molecular complexity index is 1530. The molecule has 0 saturated carbocycles. The number of fused-ring (bicyclic) bond motifs is 3. The normalized spacial score (nSPS) is 11.4. The molecule has 2 aromatic heterocycles. The minimum atomic E-state index is -0.341. The molecular weight excluding hydrogens is 483 g/mol. The van der Waals surface area contributed by atoms with Crippen molar-refractivity contribution in [1.82, 2.24) is 8.97 Å². The SMILES string of the molecule is O=c1c2ccccc2n2c(=S)sc(-c3ccccc3F)c2n1Cc1ccc(Br)cc1. The van der Waals surface area contributed by atoms with Gasteiger partial charge >= 0.3 is 0 Å². The van der Waals surface area contributed by atoms with Crippen LogP contribution >= 0.6 is 39.5 Å². The second-order valence-corrected chi connectivity index (χ2v) is 9.43. The molecule has 0 aliphatic heterocycles. The highest BCUT2D eigenvalue weighted by molar-refractivity contribution is 9.10. The van der Waals surface area contributed by atoms with Gasteiger partial charge in [-0.1, -0.05) is 58.4 Å². The molecule has 7 heteroatoms. The first-order valence-electron chi connectivity index (χ1n) is 9.21. The first-order chi connectivity index (χ1) is 14.5. The molecule has 3 aromatic carbocycles. The van der Waals surface area contributed by atoms with Crippen molar-refractivity contribution in [3.8, 4) is 10.4 Å². The lowest BCUT2D eigenvalue weighted by Crippen LogP contribution is -2.23. The third-order valence-corrected chi connectivity index (χ3v) is 6.96. The number of hydrogen-bond acceptors (Lipinski definition) is 3. The van der Waals surface area contributed by atoms with Gasteiger partial charge in [0, 0.05) is 10.0 Å². The molecule has 0 spiro atoms. The number of benzene rings is 3. The van der Waals surface area contributed by atoms with E-state index in [0.29, 0.717) is 32.0 Å². The number of rotatable bonds is 3. The molecule has 2 heterocycles. The fourth-order valence-corrected chi connectivity index (χ4v) is 5.37. The average Bonchev–Trinajstić information content (AvgIpc) is 3.10. The van der Waals surface area contributed by atoms with Gasteiger partial charge in [0.25, 0.3) is 5.56 Å². The summed E-state index contributed by atoms with van der Waals surface area (Å²) in [5.74, 6) is -0.341. The van der Waals surface area contributed by atoms with Gasteiger partial charge in [-0.05, 0) is 48.1 Å². The third-order valence-electron chi connectivity index (χ3n) is 5.04. The van der Waals surface area contributed by atoms with Crippen LogP contribution < -0.4 is 5.56 Å². The van der Waals surface area contributed by atoms with Crippen molar-refractivity contribution in [3.63, 3.8) is 0 Å². The van der Waals surface area contributed by atoms with Crippen LogP contribution in [-0.4, -0.2) is 8.97 Å². The van der Waals surface area contributed by atoms with Gasteiger partial charge in [-0.2, -0.15) is 0 Å². The van der Waals surface area contributed by atoms with Crippen molar-refractivity contribution in [2.75, 3.05) is 0 Å². The van der Waals surface area contributed by atoms with Gasteiger partial charge in [0.05, 0.1) is 22.3 Å². The van der Waals surface area contributed by atoms with Crippen molar-refractivity contribution in [1.29, 1.82) is 0 Å². The quantitative estimate of drug-likeness (QED) is 0.261. The van der Waals surface area contributed by atoms with Gasteiger partial charge in [-0.3, -0.25) is 13.8 Å². The molecule has 0 aliphatic carbocycles. The average molecular weight is 497 g/mol. The van der Waals surface area contributed by atoms with E-state index in [-0.39, 0.29) is 11.4 Å². The number of thiazole rings is 1. The molecule has 0 bridgehead atoms. The highest BCUT2D eigenvalue weighted by atomic mass is 79.9. The Morgan fingerprint density at radius 3 is 2.43 bits per heavy atom. The van der Waals surface area contributed by atoms with Gasteiger partial charge in [-0.15, -0.1) is 11.3 Å². The van der Waals surface area contributed by atoms with E-state index in [1.165, 1.54) is 17.4 Å². The standard InChI is InChI=1S/C23H14BrFN2OS2/c24-15-11-9-14(10-12-15)13-26-21-20(16-5-1-3-7-18(16)25)30-23(29)27(21)19-8-4-2-6-17(19)22(26)28/h1-12H,13H2. The fourth-order valence-electron chi connectivity index (χ4n) is 3.65. The summed E-state index contributed by atoms with van der Waals surface area (Å²) < 4.78 is 19.8. The van der Waals surface area contributed by atoms with E-state index in [0.717, 1.165) is 15.6 Å². The van der Waals surface area contributed by atoms with Gasteiger partial charge in [0.15, 0.2) is 3.95 Å². The van der Waals surface area contributed by atoms with Crippen molar-refractivity contribution < 1.29 is 4.39 Å². The predicted octanol–water partition coefficient (Wildman–Crippen LogP) is 6.66. The van der Waals surface area contributed by atoms with E-state index in [2.05, 4.69) is 15.9 Å². The van der Waals surface area contributed by atoms with Crippen LogP contribution in [0.3, 0.4) is 0 Å². The zero-order valence-corrected chi connectivity index (χ0v) is 18.7. The van der Waals surface area contributed by atoms with Crippen LogP contribution in [0.5, 0.6) is 0 Å². The summed E-state index contributed by atoms with van der Waals surface area (Å²) in [6, 6.07) is 21.8. The van der Waals surface area contributed by atoms with Crippen LogP contribution in [-0.2, 0) is 6.54 Å². The summed E-state index contributed by atoms with van der Waals surface area (Å²) in [5, 5.41) is 0.580. The molecule has 0 atom stereocenters. The lowest BCUT2D eigenvalue weighted by Gasteiger charge is -2.14. The molecule has 30 heavy (non-hydrogen) atoms. The molecule has 0 aliphatic rings. The highest BCUT2D eigenvalue weighted by Gasteiger charge is 2.20. The molecular formula is C23H14BrFN2OS2. The van der Waals surface area contributed by atoms with E-state index in [1.54, 1.807) is 28.8 Å². The lowest BCUT2D eigenvalue weighted by molar-refractivity contribution is 0.631. The molecule has 0 amide bonds. The first-order valence-corrected chi connectivity index (χ1v) is 11.2. The summed E-state index contributed by atoms with van der Waals surface area (Å²) in [6.45, 7) is 0.355. The summed E-state index contributed by atoms with van der Waals surface area (Å²) in [4.78, 5) is 14.2. The zero-order valence-electron chi connectivity index (χ0n) is 15.5. The Morgan fingerprint density at radius 2 is 1.67 bits per heavy atom. The van der Waals surface area contributed by atoms with Gasteiger partial charge < -0.3 is 0 Å². The Labute approximate surface area is 188 Å². The molecule has 0 saturated heterocycles. The number of para-hydroxylation sites is 1. The van der Waals surface area contributed by atoms with Gasteiger partial charge in [0.2, 0.25) is 0 Å². The number of hydrogen-bond donors (Lipinski definition) is 0. The lowest BCUT2D eigenvalue weighted by atomic mass is 10.1. The van der Waals surface area contributed by atoms with Crippen LogP contribution in [0, 0.1) is 9.77 Å². The minimum Gasteiger partial charge on any atom is -0.288 e. The summed E-state index contributed by atoms with van der Waals surface area (Å²) in [7, 11) is 0. The second-order valence-electron chi connectivity index (χ2n) is 6.87. The van der Waals surface area contributed by atoms with Crippen LogP contribution in [0.1, 0.15) is 5.56 Å². The van der Waals surface area contributed by atoms with E-state index in [1.807, 2.05) is 46.9 Å². The van der Waals surface area contributed by atoms with Crippen LogP contribution in [0.15, 0.2) is 82.1 Å². The molecule has 0 radical (unpaired) electrons. The molecule has 5 aromatic rings. The molecule has 0 N–H and O–H groups in total. The summed E-state index contributed by atoms with van der Waals surface area (Å²) in [5.41, 5.74) is 2.62. The Morgan fingerprint density at radius 1 is 0.967 bits per heavy atom. The maximum absolute atomic E-state index is 14.7. The van der Waals surface area contributed by atoms with Crippen LogP contribution in [0.4, 0.5) is 4.39 Å². The second kappa shape index (κ2) is 7.58. The Balaban J connectivity index is 1.92. The maximum atomic E-state index is 14.7. The number of halogens is 2. The fraction of sp³-hybridized carbons (Fsp3) is 0.0435. The monoisotopic (exact) mass is 496 g/mol. The minimum absolute atomic E-state index is 0.126. The van der Waals surface area contributed by atoms with E-state index in [4.69, 9.17) is 12.2 Å². The van der Waals surface area contributed by atoms with Gasteiger partial charge in [-0.25, -0.2) is 4.39 Å². The van der Waals surface area contributed by atoms with E-state index < -0.39 is 0 Å². The van der Waals surface area contributed by atoms with E-state index >= 15 is 0 Å². The van der Waals surface area contributed by atoms with Crippen LogP contribution in [0.2, 0.25) is 0 Å². The molecule has 0 fully saturated rings. The number of nitrogens with zero attached hydrogens (tertiary/aromatic N) is 2. The highest BCUT2D eigenvalue weighted by Crippen LogP contribution is 2.34. The molecule has 5 rings (SSSR count). The summed E-state index contributed by atoms with van der Waals surface area (Å²) in [6.07, 6.45) is 0. The Hall–Kier alpha value is -2.61. The molecule has 3 nitrogen and oxygen atoms in total. The molecule has 148 valence electrons. The topological polar surface area (TPSA) is 26.4 Å². The van der Waals surface area contributed by atoms with Gasteiger partial charge in [0.1, 0.15) is 11.5 Å². The maximum Gasteiger partial charge on any atom is 0.261 e. The largest absolute Gasteiger partial charge is 0.288 e. The molecule has 0 unspecified atom stereocenters. The predicted molar refractivity (Wildman–Crippen MR) is 127 cm³/mol. The smallest absolute Gasteiger partial charge is 0.261 e. The zero-order chi connectivity index (χ0) is 20.8. The Kier molecular flexibility index (Phi) is 4.89. The third kappa shape index (κ3) is 3.14. The van der Waals surface area contributed by atoms with Crippen molar-refractivity contribution in [3.05, 3.63) is 103 Å². The summed E-state index contributed by atoms with van der Waals surface area (Å²) >= 11 is 10.4. The first kappa shape index (κ1) is 19.4.